The smallest absolute Gasteiger partial charge is 0.251 e. The molecule has 4 heteroatoms. The van der Waals surface area contributed by atoms with Crippen molar-refractivity contribution in [3.05, 3.63) is 29.3 Å². The van der Waals surface area contributed by atoms with Crippen LogP contribution in [0.4, 0.5) is 0 Å². The van der Waals surface area contributed by atoms with Crippen molar-refractivity contribution in [1.82, 2.24) is 10.2 Å². The number of rotatable bonds is 5. The Bertz CT molecular complexity index is 440. The summed E-state index contributed by atoms with van der Waals surface area (Å²) in [7, 11) is 1.62. The first-order chi connectivity index (χ1) is 9.20. The zero-order chi connectivity index (χ0) is 13.7. The maximum atomic E-state index is 12.0. The number of hydrogen-bond donors (Lipinski definition) is 1. The molecule has 4 nitrogen and oxygen atoms in total. The summed E-state index contributed by atoms with van der Waals surface area (Å²) in [5.74, 6) is 0.727. The fourth-order valence-corrected chi connectivity index (χ4v) is 2.40. The highest BCUT2D eigenvalue weighted by molar-refractivity contribution is 5.94. The third kappa shape index (κ3) is 3.70. The average molecular weight is 262 g/mol. The molecule has 1 N–H and O–H groups in total. The normalized spacial score (nSPS) is 15.5. The lowest BCUT2D eigenvalue weighted by molar-refractivity contribution is 0.0949. The number of methoxy groups -OCH3 is 1. The first-order valence-corrected chi connectivity index (χ1v) is 6.86. The van der Waals surface area contributed by atoms with E-state index in [1.165, 1.54) is 12.8 Å². The molecule has 1 saturated heterocycles. The molecule has 0 aliphatic carbocycles. The third-order valence-corrected chi connectivity index (χ3v) is 3.58. The molecule has 104 valence electrons. The van der Waals surface area contributed by atoms with Gasteiger partial charge in [0.1, 0.15) is 5.75 Å². The molecule has 0 atom stereocenters. The van der Waals surface area contributed by atoms with Gasteiger partial charge in [-0.05, 0) is 50.6 Å². The number of amides is 1. The summed E-state index contributed by atoms with van der Waals surface area (Å²) in [6.07, 6.45) is 2.56. The summed E-state index contributed by atoms with van der Waals surface area (Å²) >= 11 is 0. The standard InChI is InChI=1S/C15H22N2O2/c1-12-5-6-13(11-14(12)19-2)15(18)16-7-10-17-8-3-4-9-17/h5-6,11H,3-4,7-10H2,1-2H3,(H,16,18). The monoisotopic (exact) mass is 262 g/mol. The van der Waals surface area contributed by atoms with E-state index in [9.17, 15) is 4.79 Å². The number of carbonyl (C=O) groups is 1. The Morgan fingerprint density at radius 1 is 1.37 bits per heavy atom. The van der Waals surface area contributed by atoms with Gasteiger partial charge in [0, 0.05) is 18.7 Å². The van der Waals surface area contributed by atoms with Crippen LogP contribution in [-0.2, 0) is 0 Å². The van der Waals surface area contributed by atoms with E-state index in [0.29, 0.717) is 12.1 Å². The van der Waals surface area contributed by atoms with Crippen molar-refractivity contribution in [1.29, 1.82) is 0 Å². The van der Waals surface area contributed by atoms with Crippen molar-refractivity contribution in [2.75, 3.05) is 33.3 Å². The van der Waals surface area contributed by atoms with E-state index in [-0.39, 0.29) is 5.91 Å². The fraction of sp³-hybridized carbons (Fsp3) is 0.533. The molecule has 2 rings (SSSR count). The predicted octanol–water partition coefficient (Wildman–Crippen LogP) is 1.83. The van der Waals surface area contributed by atoms with E-state index in [1.807, 2.05) is 19.1 Å². The van der Waals surface area contributed by atoms with Crippen molar-refractivity contribution in [2.45, 2.75) is 19.8 Å². The number of ether oxygens (including phenoxy) is 1. The number of benzene rings is 1. The van der Waals surface area contributed by atoms with Gasteiger partial charge in [0.2, 0.25) is 0 Å². The molecule has 1 aromatic carbocycles. The Morgan fingerprint density at radius 2 is 2.11 bits per heavy atom. The number of hydrogen-bond acceptors (Lipinski definition) is 3. The zero-order valence-corrected chi connectivity index (χ0v) is 11.7. The Kier molecular flexibility index (Phi) is 4.80. The number of nitrogens with one attached hydrogen (secondary N) is 1. The van der Waals surface area contributed by atoms with E-state index in [4.69, 9.17) is 4.74 Å². The van der Waals surface area contributed by atoms with Gasteiger partial charge in [-0.1, -0.05) is 6.07 Å². The van der Waals surface area contributed by atoms with Gasteiger partial charge in [-0.25, -0.2) is 0 Å². The quantitative estimate of drug-likeness (QED) is 0.880. The summed E-state index contributed by atoms with van der Waals surface area (Å²) in [5, 5.41) is 2.96. The van der Waals surface area contributed by atoms with Crippen LogP contribution in [0, 0.1) is 6.92 Å². The number of aryl methyl sites for hydroxylation is 1. The largest absolute Gasteiger partial charge is 0.496 e. The summed E-state index contributed by atoms with van der Waals surface area (Å²) in [6, 6.07) is 5.54. The molecule has 1 heterocycles. The molecule has 0 aromatic heterocycles. The van der Waals surface area contributed by atoms with Crippen molar-refractivity contribution in [3.8, 4) is 5.75 Å². The van der Waals surface area contributed by atoms with Gasteiger partial charge in [0.05, 0.1) is 7.11 Å². The minimum Gasteiger partial charge on any atom is -0.496 e. The van der Waals surface area contributed by atoms with Crippen LogP contribution in [0.1, 0.15) is 28.8 Å². The second-order valence-electron chi connectivity index (χ2n) is 4.99. The maximum absolute atomic E-state index is 12.0. The van der Waals surface area contributed by atoms with Crippen LogP contribution in [0.3, 0.4) is 0 Å². The SMILES string of the molecule is COc1cc(C(=O)NCCN2CCCC2)ccc1C. The Balaban J connectivity index is 1.85. The van der Waals surface area contributed by atoms with Gasteiger partial charge < -0.3 is 15.0 Å². The predicted molar refractivity (Wildman–Crippen MR) is 75.7 cm³/mol. The zero-order valence-electron chi connectivity index (χ0n) is 11.7. The van der Waals surface area contributed by atoms with Crippen LogP contribution in [-0.4, -0.2) is 44.1 Å². The van der Waals surface area contributed by atoms with Crippen LogP contribution in [0.5, 0.6) is 5.75 Å². The molecule has 1 amide bonds. The molecule has 0 spiro atoms. The highest BCUT2D eigenvalue weighted by Gasteiger charge is 2.12. The van der Waals surface area contributed by atoms with Gasteiger partial charge in [-0.15, -0.1) is 0 Å². The number of likely N-dealkylation sites (tertiary alicyclic amines) is 1. The Labute approximate surface area is 114 Å². The van der Waals surface area contributed by atoms with Gasteiger partial charge in [-0.3, -0.25) is 4.79 Å². The van der Waals surface area contributed by atoms with Crippen molar-refractivity contribution >= 4 is 5.91 Å². The summed E-state index contributed by atoms with van der Waals surface area (Å²) < 4.78 is 5.23. The minimum absolute atomic E-state index is 0.0301. The lowest BCUT2D eigenvalue weighted by Gasteiger charge is -2.15. The van der Waals surface area contributed by atoms with Crippen LogP contribution < -0.4 is 10.1 Å². The van der Waals surface area contributed by atoms with Gasteiger partial charge >= 0.3 is 0 Å². The van der Waals surface area contributed by atoms with Gasteiger partial charge in [0.25, 0.3) is 5.91 Å². The highest BCUT2D eigenvalue weighted by Crippen LogP contribution is 2.18. The van der Waals surface area contributed by atoms with Crippen LogP contribution in [0.25, 0.3) is 0 Å². The molecule has 19 heavy (non-hydrogen) atoms. The molecular formula is C15H22N2O2. The van der Waals surface area contributed by atoms with Crippen LogP contribution in [0.15, 0.2) is 18.2 Å². The molecule has 1 aliphatic heterocycles. The minimum atomic E-state index is -0.0301. The van der Waals surface area contributed by atoms with E-state index < -0.39 is 0 Å². The highest BCUT2D eigenvalue weighted by atomic mass is 16.5. The molecule has 1 aliphatic rings. The molecule has 1 aromatic rings. The average Bonchev–Trinajstić information content (AvgIpc) is 2.92. The van der Waals surface area contributed by atoms with Gasteiger partial charge in [-0.2, -0.15) is 0 Å². The summed E-state index contributed by atoms with van der Waals surface area (Å²) in [5.41, 5.74) is 1.69. The second kappa shape index (κ2) is 6.57. The van der Waals surface area contributed by atoms with Crippen molar-refractivity contribution < 1.29 is 9.53 Å². The third-order valence-electron chi connectivity index (χ3n) is 3.58. The second-order valence-corrected chi connectivity index (χ2v) is 4.99. The molecule has 0 saturated carbocycles. The molecule has 0 unspecified atom stereocenters. The lowest BCUT2D eigenvalue weighted by Crippen LogP contribution is -2.33. The fourth-order valence-electron chi connectivity index (χ4n) is 2.40. The van der Waals surface area contributed by atoms with Crippen molar-refractivity contribution in [3.63, 3.8) is 0 Å². The Hall–Kier alpha value is -1.55. The Morgan fingerprint density at radius 3 is 2.79 bits per heavy atom. The van der Waals surface area contributed by atoms with E-state index in [1.54, 1.807) is 13.2 Å². The maximum Gasteiger partial charge on any atom is 0.251 e. The topological polar surface area (TPSA) is 41.6 Å². The van der Waals surface area contributed by atoms with E-state index >= 15 is 0 Å². The first-order valence-electron chi connectivity index (χ1n) is 6.86. The molecule has 0 radical (unpaired) electrons. The molecule has 0 bridgehead atoms. The molecule has 1 fully saturated rings. The lowest BCUT2D eigenvalue weighted by atomic mass is 10.1. The number of carbonyl (C=O) groups excluding carboxylic acids is 1. The number of nitrogens with zero attached hydrogens (tertiary/aromatic N) is 1. The van der Waals surface area contributed by atoms with Crippen LogP contribution >= 0.6 is 0 Å². The summed E-state index contributed by atoms with van der Waals surface area (Å²) in [6.45, 7) is 5.93. The van der Waals surface area contributed by atoms with E-state index in [2.05, 4.69) is 10.2 Å². The first kappa shape index (κ1) is 13.9. The molecular weight excluding hydrogens is 240 g/mol. The van der Waals surface area contributed by atoms with Crippen LogP contribution in [0.2, 0.25) is 0 Å². The van der Waals surface area contributed by atoms with E-state index in [0.717, 1.165) is 30.9 Å². The van der Waals surface area contributed by atoms with Crippen molar-refractivity contribution in [2.24, 2.45) is 0 Å². The van der Waals surface area contributed by atoms with Gasteiger partial charge in [0.15, 0.2) is 0 Å². The summed E-state index contributed by atoms with van der Waals surface area (Å²) in [4.78, 5) is 14.4.